The molecule has 0 unspecified atom stereocenters. The van der Waals surface area contributed by atoms with E-state index in [0.29, 0.717) is 11.2 Å². The maximum atomic E-state index is 12.3. The van der Waals surface area contributed by atoms with E-state index >= 15 is 0 Å². The standard InChI is InChI=1S/C21H15N3O2S/c25-17-7-6-16-19(15-8-11-27-20(15)21(26)23-16)18(17)14-4-2-13(3-5-14)12-24-10-1-9-22-24/h1-11,25H,12H2,(H,23,26). The molecule has 132 valence electrons. The Bertz CT molecular complexity index is 1320. The Balaban J connectivity index is 1.69. The number of benzene rings is 2. The first-order valence-electron chi connectivity index (χ1n) is 8.52. The highest BCUT2D eigenvalue weighted by Crippen LogP contribution is 2.39. The summed E-state index contributed by atoms with van der Waals surface area (Å²) in [5.74, 6) is 0.196. The van der Waals surface area contributed by atoms with Crippen molar-refractivity contribution in [1.82, 2.24) is 14.8 Å². The van der Waals surface area contributed by atoms with Gasteiger partial charge in [-0.15, -0.1) is 11.3 Å². The number of H-pyrrole nitrogens is 1. The number of nitrogens with zero attached hydrogens (tertiary/aromatic N) is 2. The van der Waals surface area contributed by atoms with Crippen molar-refractivity contribution in [2.24, 2.45) is 0 Å². The molecule has 5 nitrogen and oxygen atoms in total. The summed E-state index contributed by atoms with van der Waals surface area (Å²) >= 11 is 1.41. The molecule has 0 radical (unpaired) electrons. The SMILES string of the molecule is O=c1[nH]c2ccc(O)c(-c3ccc(Cn4cccn4)cc3)c2c2ccsc12. The Morgan fingerprint density at radius 1 is 1.11 bits per heavy atom. The van der Waals surface area contributed by atoms with Gasteiger partial charge in [-0.1, -0.05) is 24.3 Å². The molecule has 3 aromatic heterocycles. The summed E-state index contributed by atoms with van der Waals surface area (Å²) in [6, 6.07) is 15.3. The van der Waals surface area contributed by atoms with Gasteiger partial charge in [-0.25, -0.2) is 0 Å². The van der Waals surface area contributed by atoms with E-state index in [-0.39, 0.29) is 11.3 Å². The molecule has 0 fully saturated rings. The average Bonchev–Trinajstić information content (AvgIpc) is 3.35. The third-order valence-electron chi connectivity index (χ3n) is 4.72. The first-order valence-corrected chi connectivity index (χ1v) is 9.40. The molecule has 0 saturated heterocycles. The lowest BCUT2D eigenvalue weighted by atomic mass is 9.96. The van der Waals surface area contributed by atoms with Crippen LogP contribution in [-0.4, -0.2) is 19.9 Å². The van der Waals surface area contributed by atoms with E-state index in [4.69, 9.17) is 0 Å². The predicted molar refractivity (Wildman–Crippen MR) is 108 cm³/mol. The molecule has 0 amide bonds. The third kappa shape index (κ3) is 2.62. The predicted octanol–water partition coefficient (Wildman–Crippen LogP) is 4.36. The van der Waals surface area contributed by atoms with Gasteiger partial charge in [0.1, 0.15) is 10.4 Å². The quantitative estimate of drug-likeness (QED) is 0.494. The van der Waals surface area contributed by atoms with Crippen molar-refractivity contribution < 1.29 is 5.11 Å². The molecule has 3 heterocycles. The van der Waals surface area contributed by atoms with Gasteiger partial charge in [-0.3, -0.25) is 9.48 Å². The molecule has 0 aliphatic rings. The molecule has 6 heteroatoms. The van der Waals surface area contributed by atoms with Crippen LogP contribution in [0.2, 0.25) is 0 Å². The molecule has 2 N–H and O–H groups in total. The van der Waals surface area contributed by atoms with Crippen molar-refractivity contribution in [3.05, 3.63) is 82.2 Å². The fourth-order valence-electron chi connectivity index (χ4n) is 3.49. The number of fused-ring (bicyclic) bond motifs is 3. The Hall–Kier alpha value is -3.38. The normalized spacial score (nSPS) is 11.4. The molecule has 2 aromatic carbocycles. The van der Waals surface area contributed by atoms with E-state index in [0.717, 1.165) is 33.0 Å². The average molecular weight is 373 g/mol. The van der Waals surface area contributed by atoms with E-state index in [2.05, 4.69) is 10.1 Å². The second-order valence-corrected chi connectivity index (χ2v) is 7.32. The Kier molecular flexibility index (Phi) is 3.58. The van der Waals surface area contributed by atoms with Crippen LogP contribution in [0.15, 0.2) is 71.1 Å². The number of nitrogens with one attached hydrogen (secondary N) is 1. The van der Waals surface area contributed by atoms with E-state index in [1.165, 1.54) is 11.3 Å². The zero-order valence-electron chi connectivity index (χ0n) is 14.2. The minimum absolute atomic E-state index is 0.0984. The van der Waals surface area contributed by atoms with Crippen LogP contribution in [0.4, 0.5) is 0 Å². The van der Waals surface area contributed by atoms with Crippen LogP contribution in [0.1, 0.15) is 5.56 Å². The number of aromatic hydroxyl groups is 1. The van der Waals surface area contributed by atoms with Crippen LogP contribution >= 0.6 is 11.3 Å². The first kappa shape index (κ1) is 15.8. The first-order chi connectivity index (χ1) is 13.2. The lowest BCUT2D eigenvalue weighted by molar-refractivity contribution is 0.478. The zero-order chi connectivity index (χ0) is 18.4. The molecular formula is C21H15N3O2S. The van der Waals surface area contributed by atoms with Crippen molar-refractivity contribution in [1.29, 1.82) is 0 Å². The summed E-state index contributed by atoms with van der Waals surface area (Å²) in [7, 11) is 0. The van der Waals surface area contributed by atoms with Crippen LogP contribution in [0.3, 0.4) is 0 Å². The van der Waals surface area contributed by atoms with Gasteiger partial charge in [0.05, 0.1) is 6.54 Å². The molecule has 5 rings (SSSR count). The second kappa shape index (κ2) is 6.10. The van der Waals surface area contributed by atoms with Gasteiger partial charge < -0.3 is 10.1 Å². The number of pyridine rings is 1. The Morgan fingerprint density at radius 3 is 2.74 bits per heavy atom. The molecule has 0 bridgehead atoms. The molecule has 0 spiro atoms. The van der Waals surface area contributed by atoms with Gasteiger partial charge >= 0.3 is 0 Å². The van der Waals surface area contributed by atoms with Gasteiger partial charge in [0.2, 0.25) is 0 Å². The van der Waals surface area contributed by atoms with Gasteiger partial charge in [-0.2, -0.15) is 5.10 Å². The summed E-state index contributed by atoms with van der Waals surface area (Å²) in [4.78, 5) is 15.2. The molecule has 0 atom stereocenters. The monoisotopic (exact) mass is 373 g/mol. The van der Waals surface area contributed by atoms with Gasteiger partial charge in [0, 0.05) is 34.2 Å². The number of aromatic amines is 1. The largest absolute Gasteiger partial charge is 0.507 e. The number of hydrogen-bond acceptors (Lipinski definition) is 4. The molecule has 0 saturated carbocycles. The second-order valence-electron chi connectivity index (χ2n) is 6.40. The summed E-state index contributed by atoms with van der Waals surface area (Å²) in [5.41, 5.74) is 3.38. The third-order valence-corrected chi connectivity index (χ3v) is 5.63. The van der Waals surface area contributed by atoms with E-state index in [1.807, 2.05) is 52.7 Å². The number of aromatic nitrogens is 3. The Labute approximate surface area is 158 Å². The van der Waals surface area contributed by atoms with Crippen molar-refractivity contribution >= 4 is 32.3 Å². The highest BCUT2D eigenvalue weighted by Gasteiger charge is 2.15. The van der Waals surface area contributed by atoms with Crippen LogP contribution < -0.4 is 5.56 Å². The number of rotatable bonds is 3. The number of phenolic OH excluding ortho intramolecular Hbond substituents is 1. The minimum atomic E-state index is -0.0984. The lowest BCUT2D eigenvalue weighted by Gasteiger charge is -2.11. The smallest absolute Gasteiger partial charge is 0.266 e. The maximum Gasteiger partial charge on any atom is 0.266 e. The van der Waals surface area contributed by atoms with E-state index in [1.54, 1.807) is 18.3 Å². The van der Waals surface area contributed by atoms with Gasteiger partial charge in [0.25, 0.3) is 5.56 Å². The van der Waals surface area contributed by atoms with Gasteiger partial charge in [-0.05, 0) is 40.8 Å². The topological polar surface area (TPSA) is 70.9 Å². The molecule has 0 aliphatic carbocycles. The summed E-state index contributed by atoms with van der Waals surface area (Å²) < 4.78 is 2.54. The molecule has 5 aromatic rings. The Morgan fingerprint density at radius 2 is 1.96 bits per heavy atom. The van der Waals surface area contributed by atoms with Crippen molar-refractivity contribution in [2.75, 3.05) is 0 Å². The van der Waals surface area contributed by atoms with Crippen LogP contribution in [0.5, 0.6) is 5.75 Å². The van der Waals surface area contributed by atoms with Crippen LogP contribution in [0.25, 0.3) is 32.1 Å². The van der Waals surface area contributed by atoms with Crippen molar-refractivity contribution in [3.63, 3.8) is 0 Å². The van der Waals surface area contributed by atoms with Crippen molar-refractivity contribution in [2.45, 2.75) is 6.54 Å². The van der Waals surface area contributed by atoms with Crippen LogP contribution in [0, 0.1) is 0 Å². The highest BCUT2D eigenvalue weighted by atomic mass is 32.1. The maximum absolute atomic E-state index is 12.3. The van der Waals surface area contributed by atoms with Gasteiger partial charge in [0.15, 0.2) is 0 Å². The molecule has 0 aliphatic heterocycles. The summed E-state index contributed by atoms with van der Waals surface area (Å²) in [6.45, 7) is 0.691. The zero-order valence-corrected chi connectivity index (χ0v) is 15.0. The van der Waals surface area contributed by atoms with E-state index < -0.39 is 0 Å². The molecular weight excluding hydrogens is 358 g/mol. The lowest BCUT2D eigenvalue weighted by Crippen LogP contribution is -2.04. The number of thiophene rings is 1. The molecule has 27 heavy (non-hydrogen) atoms. The fraction of sp³-hybridized carbons (Fsp3) is 0.0476. The van der Waals surface area contributed by atoms with E-state index in [9.17, 15) is 9.90 Å². The number of hydrogen-bond donors (Lipinski definition) is 2. The summed E-state index contributed by atoms with van der Waals surface area (Å²) in [6.07, 6.45) is 3.68. The summed E-state index contributed by atoms with van der Waals surface area (Å²) in [5, 5.41) is 18.5. The number of phenols is 1. The van der Waals surface area contributed by atoms with Crippen LogP contribution in [-0.2, 0) is 6.54 Å². The van der Waals surface area contributed by atoms with Crippen molar-refractivity contribution in [3.8, 4) is 16.9 Å². The minimum Gasteiger partial charge on any atom is -0.507 e. The fourth-order valence-corrected chi connectivity index (χ4v) is 4.28. The highest BCUT2D eigenvalue weighted by molar-refractivity contribution is 7.17.